The Hall–Kier alpha value is -2.92. The smallest absolute Gasteiger partial charge is 0.245 e. The topological polar surface area (TPSA) is 131 Å². The van der Waals surface area contributed by atoms with Gasteiger partial charge < -0.3 is 19.8 Å². The van der Waals surface area contributed by atoms with E-state index in [-0.39, 0.29) is 5.95 Å². The first-order chi connectivity index (χ1) is 12.4. The van der Waals surface area contributed by atoms with Crippen molar-refractivity contribution in [3.05, 3.63) is 30.6 Å². The number of nitrogens with zero attached hydrogens (tertiary/aromatic N) is 3. The number of aromatic nitrogens is 4. The van der Waals surface area contributed by atoms with Crippen molar-refractivity contribution in [1.29, 1.82) is 0 Å². The summed E-state index contributed by atoms with van der Waals surface area (Å²) in [5.41, 5.74) is 2.06. The molecular formula is C15H18N6O4S. The molecule has 0 saturated heterocycles. The predicted molar refractivity (Wildman–Crippen MR) is 97.2 cm³/mol. The first-order valence-corrected chi connectivity index (χ1v) is 9.51. The first kappa shape index (κ1) is 17.9. The molecule has 10 nitrogen and oxygen atoms in total. The summed E-state index contributed by atoms with van der Waals surface area (Å²) in [6.07, 6.45) is 2.59. The molecule has 0 amide bonds. The highest BCUT2D eigenvalue weighted by Gasteiger charge is 2.12. The number of hydrogen-bond acceptors (Lipinski definition) is 8. The van der Waals surface area contributed by atoms with Gasteiger partial charge in [0, 0.05) is 12.8 Å². The van der Waals surface area contributed by atoms with Crippen LogP contribution >= 0.6 is 0 Å². The molecule has 3 rings (SSSR count). The molecule has 0 atom stereocenters. The minimum Gasteiger partial charge on any atom is -0.474 e. The largest absolute Gasteiger partial charge is 0.474 e. The van der Waals surface area contributed by atoms with Gasteiger partial charge in [-0.2, -0.15) is 9.97 Å². The zero-order chi connectivity index (χ0) is 18.6. The number of anilines is 3. The lowest BCUT2D eigenvalue weighted by Crippen LogP contribution is -2.10. The van der Waals surface area contributed by atoms with Crippen molar-refractivity contribution in [2.24, 2.45) is 0 Å². The Labute approximate surface area is 150 Å². The van der Waals surface area contributed by atoms with Gasteiger partial charge in [0.05, 0.1) is 24.9 Å². The third kappa shape index (κ3) is 4.58. The lowest BCUT2D eigenvalue weighted by Gasteiger charge is -2.10. The third-order valence-corrected chi connectivity index (χ3v) is 3.81. The van der Waals surface area contributed by atoms with E-state index in [2.05, 4.69) is 30.0 Å². The van der Waals surface area contributed by atoms with Crippen LogP contribution < -0.4 is 14.8 Å². The number of aromatic amines is 1. The summed E-state index contributed by atoms with van der Waals surface area (Å²) < 4.78 is 35.7. The molecule has 0 fully saturated rings. The lowest BCUT2D eigenvalue weighted by molar-refractivity contribution is 0.144. The van der Waals surface area contributed by atoms with Gasteiger partial charge in [-0.05, 0) is 18.2 Å². The molecule has 3 aromatic rings. The number of benzene rings is 1. The first-order valence-electron chi connectivity index (χ1n) is 7.62. The van der Waals surface area contributed by atoms with Gasteiger partial charge in [-0.3, -0.25) is 4.72 Å². The van der Waals surface area contributed by atoms with E-state index in [1.165, 1.54) is 6.33 Å². The van der Waals surface area contributed by atoms with Crippen molar-refractivity contribution in [1.82, 2.24) is 19.9 Å². The summed E-state index contributed by atoms with van der Waals surface area (Å²) in [7, 11) is -1.78. The number of H-pyrrole nitrogens is 1. The Balaban J connectivity index is 1.85. The van der Waals surface area contributed by atoms with Crippen LogP contribution in [0.15, 0.2) is 30.6 Å². The summed E-state index contributed by atoms with van der Waals surface area (Å²) in [6, 6.07) is 6.74. The van der Waals surface area contributed by atoms with E-state index < -0.39 is 10.0 Å². The summed E-state index contributed by atoms with van der Waals surface area (Å²) in [4.78, 5) is 15.7. The van der Waals surface area contributed by atoms with Crippen molar-refractivity contribution in [2.45, 2.75) is 0 Å². The molecule has 26 heavy (non-hydrogen) atoms. The Kier molecular flexibility index (Phi) is 5.19. The second kappa shape index (κ2) is 7.54. The minimum atomic E-state index is -3.36. The fourth-order valence-corrected chi connectivity index (χ4v) is 2.75. The van der Waals surface area contributed by atoms with Gasteiger partial charge >= 0.3 is 0 Å². The quantitative estimate of drug-likeness (QED) is 0.503. The Morgan fingerprint density at radius 2 is 2.00 bits per heavy atom. The summed E-state index contributed by atoms with van der Waals surface area (Å²) in [5.74, 6) is 0.617. The van der Waals surface area contributed by atoms with E-state index in [9.17, 15) is 8.42 Å². The second-order valence-electron chi connectivity index (χ2n) is 5.37. The molecule has 2 aromatic heterocycles. The van der Waals surface area contributed by atoms with Gasteiger partial charge in [0.25, 0.3) is 0 Å². The molecule has 0 aliphatic carbocycles. The molecule has 11 heteroatoms. The average molecular weight is 378 g/mol. The van der Waals surface area contributed by atoms with E-state index in [0.29, 0.717) is 41.6 Å². The normalized spacial score (nSPS) is 11.5. The van der Waals surface area contributed by atoms with E-state index >= 15 is 0 Å². The number of imidazole rings is 1. The van der Waals surface area contributed by atoms with Crippen LogP contribution in [0.1, 0.15) is 0 Å². The molecular weight excluding hydrogens is 360 g/mol. The summed E-state index contributed by atoms with van der Waals surface area (Å²) in [6.45, 7) is 0.746. The van der Waals surface area contributed by atoms with Gasteiger partial charge in [-0.25, -0.2) is 13.4 Å². The van der Waals surface area contributed by atoms with Crippen molar-refractivity contribution in [2.75, 3.05) is 36.6 Å². The Morgan fingerprint density at radius 1 is 1.19 bits per heavy atom. The number of methoxy groups -OCH3 is 1. The standard InChI is InChI=1S/C15H18N6O4S/c1-24-6-7-25-14-12-13(17-9-16-12)19-15(20-14)18-10-4-3-5-11(8-10)21-26(2,22)23/h3-5,8-9,21H,6-7H2,1-2H3,(H2,16,17,18,19,20). The number of nitrogens with one attached hydrogen (secondary N) is 3. The van der Waals surface area contributed by atoms with Crippen molar-refractivity contribution in [3.63, 3.8) is 0 Å². The molecule has 0 spiro atoms. The maximum atomic E-state index is 11.4. The van der Waals surface area contributed by atoms with Crippen LogP contribution in [0.5, 0.6) is 5.88 Å². The van der Waals surface area contributed by atoms with Crippen molar-refractivity contribution >= 4 is 38.5 Å². The van der Waals surface area contributed by atoms with Crippen molar-refractivity contribution in [3.8, 4) is 5.88 Å². The molecule has 2 heterocycles. The second-order valence-corrected chi connectivity index (χ2v) is 7.12. The average Bonchev–Trinajstić information content (AvgIpc) is 3.02. The maximum Gasteiger partial charge on any atom is 0.245 e. The Morgan fingerprint density at radius 3 is 2.77 bits per heavy atom. The fraction of sp³-hybridized carbons (Fsp3) is 0.267. The van der Waals surface area contributed by atoms with Crippen molar-refractivity contribution < 1.29 is 17.9 Å². The summed E-state index contributed by atoms with van der Waals surface area (Å²) in [5, 5.41) is 3.02. The molecule has 0 aliphatic rings. The SMILES string of the molecule is COCCOc1nc(Nc2cccc(NS(C)(=O)=O)c2)nc2nc[nH]c12. The van der Waals surface area contributed by atoms with Crippen LogP contribution in [0, 0.1) is 0 Å². The van der Waals surface area contributed by atoms with Crippen LogP contribution in [-0.4, -0.2) is 54.9 Å². The van der Waals surface area contributed by atoms with Crippen LogP contribution in [0.25, 0.3) is 11.2 Å². The summed E-state index contributed by atoms with van der Waals surface area (Å²) >= 11 is 0. The molecule has 138 valence electrons. The molecule has 0 aliphatic heterocycles. The highest BCUT2D eigenvalue weighted by molar-refractivity contribution is 7.92. The highest BCUT2D eigenvalue weighted by atomic mass is 32.2. The van der Waals surface area contributed by atoms with Gasteiger partial charge in [0.2, 0.25) is 21.9 Å². The van der Waals surface area contributed by atoms with Crippen LogP contribution in [0.3, 0.4) is 0 Å². The van der Waals surface area contributed by atoms with Crippen LogP contribution in [0.2, 0.25) is 0 Å². The van der Waals surface area contributed by atoms with Gasteiger partial charge in [-0.1, -0.05) is 6.07 Å². The number of rotatable bonds is 8. The maximum absolute atomic E-state index is 11.4. The van der Waals surface area contributed by atoms with E-state index in [4.69, 9.17) is 9.47 Å². The minimum absolute atomic E-state index is 0.272. The van der Waals surface area contributed by atoms with Gasteiger partial charge in [0.1, 0.15) is 12.1 Å². The van der Waals surface area contributed by atoms with Gasteiger partial charge in [0.15, 0.2) is 5.65 Å². The zero-order valence-electron chi connectivity index (χ0n) is 14.2. The molecule has 0 saturated carbocycles. The third-order valence-electron chi connectivity index (χ3n) is 3.20. The van der Waals surface area contributed by atoms with Crippen LogP contribution in [-0.2, 0) is 14.8 Å². The predicted octanol–water partition coefficient (Wildman–Crippen LogP) is 1.49. The lowest BCUT2D eigenvalue weighted by atomic mass is 10.3. The molecule has 0 radical (unpaired) electrons. The molecule has 3 N–H and O–H groups in total. The highest BCUT2D eigenvalue weighted by Crippen LogP contribution is 2.24. The van der Waals surface area contributed by atoms with Crippen LogP contribution in [0.4, 0.5) is 17.3 Å². The molecule has 0 bridgehead atoms. The fourth-order valence-electron chi connectivity index (χ4n) is 2.19. The molecule has 0 unspecified atom stereocenters. The number of ether oxygens (including phenoxy) is 2. The van der Waals surface area contributed by atoms with Gasteiger partial charge in [-0.15, -0.1) is 0 Å². The zero-order valence-corrected chi connectivity index (χ0v) is 15.0. The van der Waals surface area contributed by atoms with E-state index in [0.717, 1.165) is 6.26 Å². The monoisotopic (exact) mass is 378 g/mol. The van der Waals surface area contributed by atoms with E-state index in [1.807, 2.05) is 0 Å². The number of sulfonamides is 1. The number of fused-ring (bicyclic) bond motifs is 1. The molecule has 1 aromatic carbocycles. The van der Waals surface area contributed by atoms with E-state index in [1.54, 1.807) is 31.4 Å². The number of hydrogen-bond donors (Lipinski definition) is 3. The Bertz CT molecular complexity index is 1000.